The third-order valence-corrected chi connectivity index (χ3v) is 6.68. The van der Waals surface area contributed by atoms with Gasteiger partial charge in [-0.05, 0) is 0 Å². The quantitative estimate of drug-likeness (QED) is 0.702. The van der Waals surface area contributed by atoms with Gasteiger partial charge in [-0.15, -0.1) is 0 Å². The Morgan fingerprint density at radius 2 is 2.00 bits per heavy atom. The Kier molecular flexibility index (Phi) is 5.33. The zero-order valence-electron chi connectivity index (χ0n) is 10.5. The average Bonchev–Trinajstić information content (AvgIpc) is 2.26. The van der Waals surface area contributed by atoms with Gasteiger partial charge >= 0.3 is 99.6 Å². The van der Waals surface area contributed by atoms with E-state index in [2.05, 4.69) is 54.1 Å². The summed E-state index contributed by atoms with van der Waals surface area (Å²) in [6.07, 6.45) is 10.3. The molecule has 1 rings (SSSR count). The fourth-order valence-electron chi connectivity index (χ4n) is 1.91. The van der Waals surface area contributed by atoms with Crippen molar-refractivity contribution in [2.75, 3.05) is 13.1 Å². The van der Waals surface area contributed by atoms with E-state index < -0.39 is 16.2 Å². The van der Waals surface area contributed by atoms with E-state index in [9.17, 15) is 0 Å². The van der Waals surface area contributed by atoms with Crippen LogP contribution >= 0.6 is 0 Å². The van der Waals surface area contributed by atoms with E-state index in [1.54, 1.807) is 9.70 Å². The molecule has 0 bridgehead atoms. The normalized spacial score (nSPS) is 17.9. The molecule has 0 spiro atoms. The van der Waals surface area contributed by atoms with Crippen LogP contribution in [0.2, 0.25) is 11.0 Å². The average molecular weight is 262 g/mol. The molecule has 1 nitrogen and oxygen atoms in total. The molecule has 1 aliphatic carbocycles. The van der Waals surface area contributed by atoms with Crippen LogP contribution in [0.3, 0.4) is 0 Å². The summed E-state index contributed by atoms with van der Waals surface area (Å²) in [4.78, 5) is 2.40. The zero-order chi connectivity index (χ0) is 11.3. The Morgan fingerprint density at radius 1 is 1.33 bits per heavy atom. The molecular formula is C13H22GaN. The molecule has 82 valence electrons. The van der Waals surface area contributed by atoms with E-state index in [0.717, 1.165) is 19.5 Å². The minimum atomic E-state index is -1.13. The molecule has 0 amide bonds. The summed E-state index contributed by atoms with van der Waals surface area (Å²) in [7, 11) is 0. The van der Waals surface area contributed by atoms with Crippen LogP contribution in [0.5, 0.6) is 0 Å². The summed E-state index contributed by atoms with van der Waals surface area (Å²) < 4.78 is 1.68. The molecule has 0 radical (unpaired) electrons. The third kappa shape index (κ3) is 3.61. The van der Waals surface area contributed by atoms with Gasteiger partial charge in [0.15, 0.2) is 0 Å². The molecule has 0 N–H and O–H groups in total. The van der Waals surface area contributed by atoms with Crippen LogP contribution in [0, 0.1) is 0 Å². The van der Waals surface area contributed by atoms with Crippen molar-refractivity contribution in [1.29, 1.82) is 0 Å². The topological polar surface area (TPSA) is 3.24 Å². The van der Waals surface area contributed by atoms with Gasteiger partial charge in [-0.2, -0.15) is 0 Å². The van der Waals surface area contributed by atoms with Crippen molar-refractivity contribution in [2.24, 2.45) is 0 Å². The first kappa shape index (κ1) is 12.7. The first-order valence-corrected chi connectivity index (χ1v) is 12.1. The number of nitrogens with zero attached hydrogens (tertiary/aromatic N) is 1. The molecule has 0 fully saturated rings. The van der Waals surface area contributed by atoms with Gasteiger partial charge in [0.2, 0.25) is 0 Å². The Balaban J connectivity index is 2.84. The van der Waals surface area contributed by atoms with Gasteiger partial charge in [-0.25, -0.2) is 0 Å². The van der Waals surface area contributed by atoms with Crippen molar-refractivity contribution in [3.05, 3.63) is 34.1 Å². The summed E-state index contributed by atoms with van der Waals surface area (Å²) >= 11 is -1.13. The minimum absolute atomic E-state index is 1.11. The van der Waals surface area contributed by atoms with Crippen LogP contribution < -0.4 is 0 Å². The monoisotopic (exact) mass is 261 g/mol. The summed E-state index contributed by atoms with van der Waals surface area (Å²) in [6, 6.07) is 0. The summed E-state index contributed by atoms with van der Waals surface area (Å²) in [6.45, 7) is 6.67. The molecule has 0 unspecified atom stereocenters. The second kappa shape index (κ2) is 6.28. The second-order valence-electron chi connectivity index (χ2n) is 4.28. The zero-order valence-corrected chi connectivity index (χ0v) is 12.9. The third-order valence-electron chi connectivity index (χ3n) is 2.89. The molecule has 0 heterocycles. The molecule has 2 heteroatoms. The van der Waals surface area contributed by atoms with Crippen LogP contribution in [0.25, 0.3) is 0 Å². The summed E-state index contributed by atoms with van der Waals surface area (Å²) in [5.41, 5.74) is 6.47. The molecule has 0 aliphatic heterocycles. The standard InChI is InChI=1S/C11H16N.2CH3.Ga/c1-3-12(4-2)10-11-8-6-5-7-9-11;;;/h5-7,10H,3-4,8H2,1-2H3;2*1H3;. The Bertz CT molecular complexity index is 283. The maximum absolute atomic E-state index is 2.45. The van der Waals surface area contributed by atoms with E-state index in [-0.39, 0.29) is 0 Å². The molecule has 0 aromatic heterocycles. The molecule has 0 saturated carbocycles. The van der Waals surface area contributed by atoms with Crippen molar-refractivity contribution >= 4 is 16.2 Å². The van der Waals surface area contributed by atoms with Gasteiger partial charge in [-0.3, -0.25) is 0 Å². The van der Waals surface area contributed by atoms with Crippen LogP contribution in [0.1, 0.15) is 20.3 Å². The van der Waals surface area contributed by atoms with Gasteiger partial charge in [-0.1, -0.05) is 0 Å². The van der Waals surface area contributed by atoms with E-state index in [1.807, 2.05) is 0 Å². The van der Waals surface area contributed by atoms with Crippen molar-refractivity contribution in [1.82, 2.24) is 4.90 Å². The predicted molar refractivity (Wildman–Crippen MR) is 70.3 cm³/mol. The van der Waals surface area contributed by atoms with E-state index in [4.69, 9.17) is 0 Å². The van der Waals surface area contributed by atoms with E-state index in [0.29, 0.717) is 0 Å². The van der Waals surface area contributed by atoms with Gasteiger partial charge in [0.25, 0.3) is 0 Å². The molecule has 0 saturated heterocycles. The van der Waals surface area contributed by atoms with Crippen molar-refractivity contribution in [2.45, 2.75) is 31.2 Å². The van der Waals surface area contributed by atoms with Gasteiger partial charge in [0.1, 0.15) is 0 Å². The summed E-state index contributed by atoms with van der Waals surface area (Å²) in [5, 5.41) is 0. The maximum atomic E-state index is 2.45. The van der Waals surface area contributed by atoms with Crippen molar-refractivity contribution < 1.29 is 0 Å². The van der Waals surface area contributed by atoms with E-state index in [1.165, 1.54) is 0 Å². The van der Waals surface area contributed by atoms with Crippen LogP contribution in [0.4, 0.5) is 0 Å². The first-order chi connectivity index (χ1) is 7.19. The molecule has 0 aromatic carbocycles. The number of hydrogen-bond donors (Lipinski definition) is 0. The van der Waals surface area contributed by atoms with Gasteiger partial charge in [0.05, 0.1) is 0 Å². The van der Waals surface area contributed by atoms with E-state index >= 15 is 0 Å². The fourth-order valence-corrected chi connectivity index (χ4v) is 4.91. The molecule has 15 heavy (non-hydrogen) atoms. The van der Waals surface area contributed by atoms with Gasteiger partial charge < -0.3 is 0 Å². The predicted octanol–water partition coefficient (Wildman–Crippen LogP) is 3.39. The second-order valence-corrected chi connectivity index (χ2v) is 10.4. The molecule has 0 aromatic rings. The SMILES string of the molecule is CCN(C=C1CC=CC=[C]1[Ga]([CH3])[CH3])CC. The van der Waals surface area contributed by atoms with Crippen LogP contribution in [-0.4, -0.2) is 34.2 Å². The Hall–Kier alpha value is -0.344. The number of hydrogen-bond acceptors (Lipinski definition) is 1. The Labute approximate surface area is 99.6 Å². The number of rotatable bonds is 4. The van der Waals surface area contributed by atoms with Crippen LogP contribution in [0.15, 0.2) is 34.1 Å². The van der Waals surface area contributed by atoms with Crippen molar-refractivity contribution in [3.8, 4) is 0 Å². The van der Waals surface area contributed by atoms with Crippen molar-refractivity contribution in [3.63, 3.8) is 0 Å². The fraction of sp³-hybridized carbons (Fsp3) is 0.538. The van der Waals surface area contributed by atoms with Gasteiger partial charge in [0, 0.05) is 0 Å². The molecular weight excluding hydrogens is 240 g/mol. The Morgan fingerprint density at radius 3 is 2.53 bits per heavy atom. The first-order valence-electron chi connectivity index (χ1n) is 6.00. The summed E-state index contributed by atoms with van der Waals surface area (Å²) in [5.74, 6) is 0. The molecule has 0 atom stereocenters. The van der Waals surface area contributed by atoms with Crippen LogP contribution in [-0.2, 0) is 0 Å². The molecule has 1 aliphatic rings. The number of allylic oxidation sites excluding steroid dienone is 5.